The molecule has 1 aromatic heterocycles. The molecule has 1 amide bonds. The van der Waals surface area contributed by atoms with Crippen LogP contribution >= 0.6 is 23.2 Å². The Labute approximate surface area is 156 Å². The second-order valence-corrected chi connectivity index (χ2v) is 7.80. The van der Waals surface area contributed by atoms with Gasteiger partial charge in [-0.3, -0.25) is 0 Å². The molecule has 2 heterocycles. The predicted molar refractivity (Wildman–Crippen MR) is 97.9 cm³/mol. The fourth-order valence-corrected chi connectivity index (χ4v) is 4.41. The van der Waals surface area contributed by atoms with E-state index in [1.165, 1.54) is 10.9 Å². The Bertz CT molecular complexity index is 764. The highest BCUT2D eigenvalue weighted by molar-refractivity contribution is 6.31. The summed E-state index contributed by atoms with van der Waals surface area (Å²) in [7, 11) is 0. The number of fused-ring (bicyclic) bond motifs is 1. The molecule has 2 fully saturated rings. The third kappa shape index (κ3) is 3.54. The number of amides is 1. The van der Waals surface area contributed by atoms with Crippen LogP contribution in [0.4, 0.5) is 4.79 Å². The van der Waals surface area contributed by atoms with E-state index in [2.05, 4.69) is 16.5 Å². The number of nitrogens with one attached hydrogen (secondary N) is 1. The van der Waals surface area contributed by atoms with Gasteiger partial charge >= 0.3 is 6.03 Å². The number of hydrogen-bond donors (Lipinski definition) is 1. The van der Waals surface area contributed by atoms with Crippen molar-refractivity contribution in [1.29, 1.82) is 0 Å². The Morgan fingerprint density at radius 1 is 1.20 bits per heavy atom. The van der Waals surface area contributed by atoms with E-state index in [1.54, 1.807) is 6.20 Å². The van der Waals surface area contributed by atoms with Gasteiger partial charge in [-0.05, 0) is 36.3 Å². The Morgan fingerprint density at radius 2 is 1.92 bits per heavy atom. The molecule has 3 atom stereocenters. The monoisotopic (exact) mass is 378 g/mol. The molecule has 0 unspecified atom stereocenters. The molecule has 5 nitrogen and oxygen atoms in total. The lowest BCUT2D eigenvalue weighted by Crippen LogP contribution is -2.35. The third-order valence-electron chi connectivity index (χ3n) is 5.31. The van der Waals surface area contributed by atoms with Crippen LogP contribution in [0.5, 0.6) is 0 Å². The average Bonchev–Trinajstić information content (AvgIpc) is 3.28. The number of halogens is 2. The van der Waals surface area contributed by atoms with Crippen LogP contribution in [0.1, 0.15) is 18.4 Å². The van der Waals surface area contributed by atoms with Crippen molar-refractivity contribution < 1.29 is 4.79 Å². The van der Waals surface area contributed by atoms with Gasteiger partial charge in [0.05, 0.1) is 17.4 Å². The summed E-state index contributed by atoms with van der Waals surface area (Å²) in [5.74, 6) is 1.11. The zero-order chi connectivity index (χ0) is 17.4. The Balaban J connectivity index is 1.30. The molecular weight excluding hydrogens is 359 g/mol. The fourth-order valence-electron chi connectivity index (χ4n) is 4.07. The first kappa shape index (κ1) is 16.9. The lowest BCUT2D eigenvalue weighted by Gasteiger charge is -2.19. The number of benzene rings is 1. The SMILES string of the molecule is O=C(N1C[C@H]2C[C@@H](NCc3ccccc3Cl)C[C@H]2C1)n1cc(Cl)cn1. The lowest BCUT2D eigenvalue weighted by molar-refractivity contribution is 0.202. The van der Waals surface area contributed by atoms with Gasteiger partial charge in [-0.2, -0.15) is 9.78 Å². The van der Waals surface area contributed by atoms with Crippen LogP contribution in [0.3, 0.4) is 0 Å². The van der Waals surface area contributed by atoms with E-state index in [0.717, 1.165) is 43.1 Å². The van der Waals surface area contributed by atoms with Gasteiger partial charge in [0, 0.05) is 30.7 Å². The molecule has 2 aromatic rings. The number of likely N-dealkylation sites (tertiary alicyclic amines) is 1. The number of hydrogen-bond acceptors (Lipinski definition) is 3. The van der Waals surface area contributed by atoms with E-state index in [-0.39, 0.29) is 6.03 Å². The van der Waals surface area contributed by atoms with Gasteiger partial charge in [0.2, 0.25) is 0 Å². The number of carbonyl (C=O) groups excluding carboxylic acids is 1. The summed E-state index contributed by atoms with van der Waals surface area (Å²) in [5, 5.41) is 8.92. The summed E-state index contributed by atoms with van der Waals surface area (Å²) in [5.41, 5.74) is 1.13. The number of carbonyl (C=O) groups is 1. The van der Waals surface area contributed by atoms with Gasteiger partial charge in [0.15, 0.2) is 0 Å². The Kier molecular flexibility index (Phi) is 4.71. The van der Waals surface area contributed by atoms with E-state index in [9.17, 15) is 4.79 Å². The number of nitrogens with zero attached hydrogens (tertiary/aromatic N) is 3. The predicted octanol–water partition coefficient (Wildman–Crippen LogP) is 3.66. The largest absolute Gasteiger partial charge is 0.344 e. The number of aromatic nitrogens is 2. The summed E-state index contributed by atoms with van der Waals surface area (Å²) in [6.07, 6.45) is 5.24. The van der Waals surface area contributed by atoms with Gasteiger partial charge in [0.1, 0.15) is 0 Å². The number of rotatable bonds is 3. The van der Waals surface area contributed by atoms with Crippen molar-refractivity contribution in [3.63, 3.8) is 0 Å². The second kappa shape index (κ2) is 6.98. The Morgan fingerprint density at radius 3 is 2.56 bits per heavy atom. The van der Waals surface area contributed by atoms with Crippen LogP contribution in [0, 0.1) is 11.8 Å². The topological polar surface area (TPSA) is 50.2 Å². The zero-order valence-corrected chi connectivity index (χ0v) is 15.2. The van der Waals surface area contributed by atoms with Crippen molar-refractivity contribution in [2.24, 2.45) is 11.8 Å². The molecule has 0 radical (unpaired) electrons. The van der Waals surface area contributed by atoms with Crippen LogP contribution in [0.25, 0.3) is 0 Å². The highest BCUT2D eigenvalue weighted by Gasteiger charge is 2.42. The first-order chi connectivity index (χ1) is 12.1. The van der Waals surface area contributed by atoms with Gasteiger partial charge in [-0.25, -0.2) is 4.79 Å². The summed E-state index contributed by atoms with van der Waals surface area (Å²) in [6.45, 7) is 2.38. The van der Waals surface area contributed by atoms with Crippen LogP contribution in [-0.4, -0.2) is 39.8 Å². The molecular formula is C18H20Cl2N4O. The van der Waals surface area contributed by atoms with Gasteiger partial charge in [-0.15, -0.1) is 0 Å². The molecule has 1 saturated carbocycles. The van der Waals surface area contributed by atoms with E-state index >= 15 is 0 Å². The molecule has 132 valence electrons. The van der Waals surface area contributed by atoms with Crippen molar-refractivity contribution in [3.8, 4) is 0 Å². The van der Waals surface area contributed by atoms with Gasteiger partial charge in [0.25, 0.3) is 0 Å². The Hall–Kier alpha value is -1.56. The normalized spacial score (nSPS) is 25.4. The minimum atomic E-state index is -0.0816. The molecule has 7 heteroatoms. The van der Waals surface area contributed by atoms with Crippen molar-refractivity contribution >= 4 is 29.2 Å². The summed E-state index contributed by atoms with van der Waals surface area (Å²) in [4.78, 5) is 14.4. The standard InChI is InChI=1S/C18H20Cl2N4O/c19-15-8-22-24(11-15)18(25)23-9-13-5-16(6-14(13)10-23)21-7-12-3-1-2-4-17(12)20/h1-4,8,11,13-14,16,21H,5-7,9-10H2/t13-,14+,16-. The minimum absolute atomic E-state index is 0.0816. The highest BCUT2D eigenvalue weighted by atomic mass is 35.5. The maximum atomic E-state index is 12.5. The smallest absolute Gasteiger partial charge is 0.322 e. The fraction of sp³-hybridized carbons (Fsp3) is 0.444. The van der Waals surface area contributed by atoms with E-state index in [0.29, 0.717) is 22.9 Å². The van der Waals surface area contributed by atoms with Crippen molar-refractivity contribution in [2.45, 2.75) is 25.4 Å². The molecule has 0 bridgehead atoms. The summed E-state index contributed by atoms with van der Waals surface area (Å²) in [6, 6.07) is 8.35. The van der Waals surface area contributed by atoms with Gasteiger partial charge < -0.3 is 10.2 Å². The van der Waals surface area contributed by atoms with Crippen LogP contribution < -0.4 is 5.32 Å². The summed E-state index contributed by atoms with van der Waals surface area (Å²) < 4.78 is 1.33. The average molecular weight is 379 g/mol. The van der Waals surface area contributed by atoms with Crippen molar-refractivity contribution in [1.82, 2.24) is 20.0 Å². The third-order valence-corrected chi connectivity index (χ3v) is 5.87. The minimum Gasteiger partial charge on any atom is -0.322 e. The highest BCUT2D eigenvalue weighted by Crippen LogP contribution is 2.38. The molecule has 1 saturated heterocycles. The molecule has 25 heavy (non-hydrogen) atoms. The van der Waals surface area contributed by atoms with Crippen LogP contribution in [0.15, 0.2) is 36.7 Å². The molecule has 1 aliphatic heterocycles. The molecule has 2 aliphatic rings. The van der Waals surface area contributed by atoms with E-state index in [4.69, 9.17) is 23.2 Å². The van der Waals surface area contributed by atoms with E-state index in [1.807, 2.05) is 23.1 Å². The zero-order valence-electron chi connectivity index (χ0n) is 13.7. The van der Waals surface area contributed by atoms with Crippen LogP contribution in [-0.2, 0) is 6.54 Å². The van der Waals surface area contributed by atoms with Crippen LogP contribution in [0.2, 0.25) is 10.0 Å². The second-order valence-electron chi connectivity index (χ2n) is 6.95. The quantitative estimate of drug-likeness (QED) is 0.886. The summed E-state index contributed by atoms with van der Waals surface area (Å²) >= 11 is 12.1. The molecule has 0 spiro atoms. The van der Waals surface area contributed by atoms with E-state index < -0.39 is 0 Å². The first-order valence-electron chi connectivity index (χ1n) is 8.56. The molecule has 1 aromatic carbocycles. The van der Waals surface area contributed by atoms with Crippen molar-refractivity contribution in [3.05, 3.63) is 52.3 Å². The first-order valence-corrected chi connectivity index (χ1v) is 9.32. The maximum absolute atomic E-state index is 12.5. The lowest BCUT2D eigenvalue weighted by atomic mass is 10.0. The molecule has 1 aliphatic carbocycles. The maximum Gasteiger partial charge on any atom is 0.344 e. The molecule has 4 rings (SSSR count). The van der Waals surface area contributed by atoms with Crippen molar-refractivity contribution in [2.75, 3.05) is 13.1 Å². The molecule has 1 N–H and O–H groups in total. The van der Waals surface area contributed by atoms with Gasteiger partial charge in [-0.1, -0.05) is 41.4 Å².